The molecule has 0 aliphatic rings. The van der Waals surface area contributed by atoms with E-state index in [4.69, 9.17) is 4.98 Å². The minimum Gasteiger partial charge on any atom is -0.380 e. The molecule has 0 spiro atoms. The number of nitrogens with one attached hydrogen (secondary N) is 2. The lowest BCUT2D eigenvalue weighted by molar-refractivity contribution is 1.15. The van der Waals surface area contributed by atoms with Gasteiger partial charge in [-0.1, -0.05) is 146 Å². The third kappa shape index (κ3) is 7.24. The molecule has 266 valence electrons. The minimum atomic E-state index is 0.476. The highest BCUT2D eigenvalue weighted by Gasteiger charge is 2.14. The smallest absolute Gasteiger partial charge is 0.0705 e. The van der Waals surface area contributed by atoms with Gasteiger partial charge in [0.1, 0.15) is 0 Å². The number of fused-ring (bicyclic) bond motifs is 1. The Labute approximate surface area is 327 Å². The first kappa shape index (κ1) is 34.3. The quantitative estimate of drug-likeness (QED) is 0.138. The maximum Gasteiger partial charge on any atom is 0.0705 e. The van der Waals surface area contributed by atoms with E-state index in [-0.39, 0.29) is 0 Å². The van der Waals surface area contributed by atoms with Crippen molar-refractivity contribution in [2.45, 2.75) is 6.54 Å². The molecule has 2 N–H and O–H groups in total. The van der Waals surface area contributed by atoms with Gasteiger partial charge in [0.15, 0.2) is 0 Å². The minimum absolute atomic E-state index is 0.476. The van der Waals surface area contributed by atoms with E-state index in [0.717, 1.165) is 72.7 Å². The first-order valence-electron chi connectivity index (χ1n) is 18.8. The summed E-state index contributed by atoms with van der Waals surface area (Å²) >= 11 is 0. The van der Waals surface area contributed by atoms with Crippen molar-refractivity contribution in [3.8, 4) is 55.9 Å². The van der Waals surface area contributed by atoms with Crippen LogP contribution in [0.3, 0.4) is 0 Å². The molecule has 7 aromatic carbocycles. The Bertz CT molecular complexity index is 2770. The van der Waals surface area contributed by atoms with E-state index in [2.05, 4.69) is 138 Å². The largest absolute Gasteiger partial charge is 0.380 e. The maximum absolute atomic E-state index is 9.30. The molecule has 0 saturated heterocycles. The lowest BCUT2D eigenvalue weighted by Crippen LogP contribution is -2.09. The molecule has 9 rings (SSSR count). The van der Waals surface area contributed by atoms with Gasteiger partial charge in [0.05, 0.1) is 17.1 Å². The number of aromatic nitrogens is 2. The summed E-state index contributed by atoms with van der Waals surface area (Å²) in [6, 6.07) is 67.1. The summed E-state index contributed by atoms with van der Waals surface area (Å²) in [5, 5.41) is 15.4. The Balaban J connectivity index is 1.08. The van der Waals surface area contributed by atoms with Gasteiger partial charge in [-0.15, -0.1) is 0 Å². The number of hydrogen-bond donors (Lipinski definition) is 2. The van der Waals surface area contributed by atoms with Crippen molar-refractivity contribution < 1.29 is 0 Å². The number of nitrogens with zero attached hydrogens (tertiary/aromatic N) is 2. The third-order valence-electron chi connectivity index (χ3n) is 10.3. The number of anilines is 1. The Morgan fingerprint density at radius 3 is 1.91 bits per heavy atom. The zero-order valence-electron chi connectivity index (χ0n) is 30.7. The highest BCUT2D eigenvalue weighted by atomic mass is 14.9. The molecule has 56 heavy (non-hydrogen) atoms. The van der Waals surface area contributed by atoms with Crippen molar-refractivity contribution in [1.82, 2.24) is 9.97 Å². The molecule has 2 aromatic heterocycles. The van der Waals surface area contributed by atoms with Gasteiger partial charge in [-0.3, -0.25) is 15.4 Å². The zero-order valence-corrected chi connectivity index (χ0v) is 30.7. The first-order chi connectivity index (χ1) is 27.7. The van der Waals surface area contributed by atoms with Gasteiger partial charge in [0, 0.05) is 52.4 Å². The summed E-state index contributed by atoms with van der Waals surface area (Å²) in [6.45, 7) is 0.556. The van der Waals surface area contributed by atoms with E-state index in [0.29, 0.717) is 12.3 Å². The summed E-state index contributed by atoms with van der Waals surface area (Å²) in [5.74, 6) is 0. The second-order valence-electron chi connectivity index (χ2n) is 13.9. The van der Waals surface area contributed by atoms with Gasteiger partial charge in [-0.2, -0.15) is 0 Å². The SMILES string of the molecule is N=C(c1ccccc1)c1cc(-c2ccccc2)ccc1NCc1cc(-c2ccc(-c3ccccn3)cc2)cc(-c2ccc(-c3cccc4ccccc34)cn2)c1. The van der Waals surface area contributed by atoms with Crippen molar-refractivity contribution in [2.24, 2.45) is 0 Å². The summed E-state index contributed by atoms with van der Waals surface area (Å²) in [5.41, 5.74) is 14.8. The fraction of sp³-hybridized carbons (Fsp3) is 0.0192. The van der Waals surface area contributed by atoms with Gasteiger partial charge < -0.3 is 5.32 Å². The van der Waals surface area contributed by atoms with Crippen LogP contribution in [0.5, 0.6) is 0 Å². The van der Waals surface area contributed by atoms with Crippen LogP contribution >= 0.6 is 0 Å². The van der Waals surface area contributed by atoms with Crippen molar-refractivity contribution in [2.75, 3.05) is 5.32 Å². The van der Waals surface area contributed by atoms with Crippen molar-refractivity contribution in [3.63, 3.8) is 0 Å². The van der Waals surface area contributed by atoms with Crippen LogP contribution in [-0.4, -0.2) is 15.7 Å². The fourth-order valence-electron chi connectivity index (χ4n) is 7.35. The summed E-state index contributed by atoms with van der Waals surface area (Å²) < 4.78 is 0. The van der Waals surface area contributed by atoms with E-state index in [9.17, 15) is 5.41 Å². The molecule has 0 aliphatic heterocycles. The highest BCUT2D eigenvalue weighted by molar-refractivity contribution is 6.14. The molecule has 0 unspecified atom stereocenters. The van der Waals surface area contributed by atoms with E-state index in [1.165, 1.54) is 16.3 Å². The average molecular weight is 719 g/mol. The maximum atomic E-state index is 9.30. The number of rotatable bonds is 10. The average Bonchev–Trinajstić information content (AvgIpc) is 3.29. The van der Waals surface area contributed by atoms with E-state index in [1.807, 2.05) is 79.1 Å². The van der Waals surface area contributed by atoms with Gasteiger partial charge in [0.25, 0.3) is 0 Å². The van der Waals surface area contributed by atoms with Gasteiger partial charge in [-0.25, -0.2) is 0 Å². The summed E-state index contributed by atoms with van der Waals surface area (Å²) in [4.78, 5) is 9.58. The molecule has 0 bridgehead atoms. The lowest BCUT2D eigenvalue weighted by atomic mass is 9.95. The molecule has 0 radical (unpaired) electrons. The van der Waals surface area contributed by atoms with Gasteiger partial charge in [-0.05, 0) is 92.7 Å². The Morgan fingerprint density at radius 1 is 0.464 bits per heavy atom. The molecular formula is C52H38N4. The standard InChI is InChI=1S/C52H38N4/c53-52(41-15-5-2-6-16-41)48-33-42(37-12-3-1-4-13-37)25-28-51(48)55-34-36-30-44(38-21-23-40(24-22-38)49-20-9-10-29-54-49)32-45(31-36)50-27-26-43(35-56-50)47-19-11-17-39-14-7-8-18-46(39)47/h1-33,35,53,55H,34H2. The number of hydrogen-bond acceptors (Lipinski definition) is 4. The topological polar surface area (TPSA) is 61.7 Å². The van der Waals surface area contributed by atoms with Gasteiger partial charge >= 0.3 is 0 Å². The monoisotopic (exact) mass is 718 g/mol. The fourth-order valence-corrected chi connectivity index (χ4v) is 7.35. The van der Waals surface area contributed by atoms with Crippen molar-refractivity contribution in [1.29, 1.82) is 5.41 Å². The molecule has 0 aliphatic carbocycles. The van der Waals surface area contributed by atoms with Crippen LogP contribution in [0.25, 0.3) is 66.7 Å². The molecule has 0 saturated carbocycles. The predicted molar refractivity (Wildman–Crippen MR) is 233 cm³/mol. The van der Waals surface area contributed by atoms with Crippen LogP contribution in [0.1, 0.15) is 16.7 Å². The summed E-state index contributed by atoms with van der Waals surface area (Å²) in [7, 11) is 0. The molecule has 0 amide bonds. The second-order valence-corrected chi connectivity index (χ2v) is 13.9. The predicted octanol–water partition coefficient (Wildman–Crippen LogP) is 13.0. The van der Waals surface area contributed by atoms with Crippen LogP contribution in [0, 0.1) is 5.41 Å². The molecule has 4 heteroatoms. The van der Waals surface area contributed by atoms with Crippen LogP contribution in [0.2, 0.25) is 0 Å². The van der Waals surface area contributed by atoms with E-state index in [1.54, 1.807) is 0 Å². The van der Waals surface area contributed by atoms with Crippen LogP contribution < -0.4 is 5.32 Å². The third-order valence-corrected chi connectivity index (χ3v) is 10.3. The van der Waals surface area contributed by atoms with E-state index >= 15 is 0 Å². The van der Waals surface area contributed by atoms with E-state index < -0.39 is 0 Å². The van der Waals surface area contributed by atoms with Gasteiger partial charge in [0.2, 0.25) is 0 Å². The highest BCUT2D eigenvalue weighted by Crippen LogP contribution is 2.33. The molecule has 2 heterocycles. The molecule has 4 nitrogen and oxygen atoms in total. The second kappa shape index (κ2) is 15.5. The Morgan fingerprint density at radius 2 is 1.12 bits per heavy atom. The van der Waals surface area contributed by atoms with Crippen LogP contribution in [-0.2, 0) is 6.54 Å². The Kier molecular flexibility index (Phi) is 9.51. The number of pyridine rings is 2. The number of benzene rings is 7. The molecule has 0 fully saturated rings. The molecule has 9 aromatic rings. The Hall–Kier alpha value is -7.43. The lowest BCUT2D eigenvalue weighted by Gasteiger charge is -2.17. The molecule has 0 atom stereocenters. The zero-order chi connectivity index (χ0) is 37.7. The molecular weight excluding hydrogens is 681 g/mol. The first-order valence-corrected chi connectivity index (χ1v) is 18.8. The van der Waals surface area contributed by atoms with Crippen LogP contribution in [0.15, 0.2) is 207 Å². The van der Waals surface area contributed by atoms with Crippen molar-refractivity contribution in [3.05, 3.63) is 223 Å². The normalized spacial score (nSPS) is 11.0. The summed E-state index contributed by atoms with van der Waals surface area (Å²) in [6.07, 6.45) is 3.81. The van der Waals surface area contributed by atoms with Crippen molar-refractivity contribution >= 4 is 22.2 Å². The van der Waals surface area contributed by atoms with Crippen LogP contribution in [0.4, 0.5) is 5.69 Å².